The van der Waals surface area contributed by atoms with E-state index in [1.807, 2.05) is 0 Å². The lowest BCUT2D eigenvalue weighted by Gasteiger charge is -2.28. The first-order valence-corrected chi connectivity index (χ1v) is 5.10. The van der Waals surface area contributed by atoms with Crippen molar-refractivity contribution in [2.45, 2.75) is 5.00 Å². The summed E-state index contributed by atoms with van der Waals surface area (Å²) < 4.78 is 0. The van der Waals surface area contributed by atoms with Crippen LogP contribution in [0.25, 0.3) is 0 Å². The summed E-state index contributed by atoms with van der Waals surface area (Å²) in [6.45, 7) is 0. The number of alkyl halides is 1. The molecule has 5 heteroatoms. The fraction of sp³-hybridized carbons (Fsp3) is 0.100. The van der Waals surface area contributed by atoms with E-state index in [1.165, 1.54) is 0 Å². The molecule has 0 aromatic carbocycles. The van der Waals surface area contributed by atoms with Crippen LogP contribution >= 0.6 is 23.2 Å². The van der Waals surface area contributed by atoms with Crippen molar-refractivity contribution < 1.29 is 0 Å². The topological polar surface area (TPSA) is 50.9 Å². The number of rotatable bonds is 1. The number of hydrogen-bond donors (Lipinski definition) is 2. The summed E-state index contributed by atoms with van der Waals surface area (Å²) in [5, 5.41) is 3.37. The Kier molecular flexibility index (Phi) is 2.59. The summed E-state index contributed by atoms with van der Waals surface area (Å²) in [7, 11) is 0. The highest BCUT2D eigenvalue weighted by atomic mass is 35.5. The van der Waals surface area contributed by atoms with Crippen LogP contribution in [0.1, 0.15) is 5.69 Å². The number of aromatic nitrogens is 1. The molecule has 15 heavy (non-hydrogen) atoms. The smallest absolute Gasteiger partial charge is 0.177 e. The number of halogens is 2. The minimum atomic E-state index is -0.961. The highest BCUT2D eigenvalue weighted by Crippen LogP contribution is 2.33. The average Bonchev–Trinajstić information content (AvgIpc) is 2.17. The lowest BCUT2D eigenvalue weighted by molar-refractivity contribution is 0.637. The van der Waals surface area contributed by atoms with Crippen LogP contribution in [0, 0.1) is 0 Å². The lowest BCUT2D eigenvalue weighted by Crippen LogP contribution is -2.36. The second-order valence-electron chi connectivity index (χ2n) is 3.15. The largest absolute Gasteiger partial charge is 0.397 e. The van der Waals surface area contributed by atoms with Gasteiger partial charge in [-0.2, -0.15) is 0 Å². The van der Waals surface area contributed by atoms with Gasteiger partial charge in [0.15, 0.2) is 5.00 Å². The summed E-state index contributed by atoms with van der Waals surface area (Å²) in [5.74, 6) is 0. The molecule has 0 radical (unpaired) electrons. The fourth-order valence-corrected chi connectivity index (χ4v) is 1.98. The molecule has 0 saturated carbocycles. The Hall–Kier alpha value is -1.19. The van der Waals surface area contributed by atoms with E-state index in [1.54, 1.807) is 36.6 Å². The number of nitrogens with zero attached hydrogens (tertiary/aromatic N) is 1. The summed E-state index contributed by atoms with van der Waals surface area (Å²) in [5.41, 5.74) is 6.87. The Balaban J connectivity index is 2.44. The molecule has 0 spiro atoms. The van der Waals surface area contributed by atoms with Gasteiger partial charge in [-0.3, -0.25) is 4.98 Å². The third-order valence-corrected chi connectivity index (χ3v) is 2.67. The predicted octanol–water partition coefficient (Wildman–Crippen LogP) is 2.29. The number of nitrogens with one attached hydrogen (secondary N) is 1. The second-order valence-corrected chi connectivity index (χ2v) is 4.16. The fourth-order valence-electron chi connectivity index (χ4n) is 1.38. The van der Waals surface area contributed by atoms with Crippen molar-refractivity contribution in [3.05, 3.63) is 47.4 Å². The average molecular weight is 242 g/mol. The van der Waals surface area contributed by atoms with Gasteiger partial charge in [-0.15, -0.1) is 0 Å². The number of dihydropyridines is 1. The Morgan fingerprint density at radius 3 is 2.93 bits per heavy atom. The van der Waals surface area contributed by atoms with Crippen molar-refractivity contribution in [3.63, 3.8) is 0 Å². The molecule has 0 fully saturated rings. The highest BCUT2D eigenvalue weighted by molar-refractivity contribution is 6.31. The molecule has 78 valence electrons. The number of hydrogen-bond acceptors (Lipinski definition) is 3. The van der Waals surface area contributed by atoms with Crippen molar-refractivity contribution in [1.29, 1.82) is 0 Å². The molecular formula is C10H9Cl2N3. The first kappa shape index (κ1) is 10.3. The van der Waals surface area contributed by atoms with Gasteiger partial charge in [0.05, 0.1) is 5.69 Å². The van der Waals surface area contributed by atoms with Gasteiger partial charge in [-0.05, 0) is 24.3 Å². The van der Waals surface area contributed by atoms with Gasteiger partial charge in [0.25, 0.3) is 0 Å². The summed E-state index contributed by atoms with van der Waals surface area (Å²) >= 11 is 12.2. The van der Waals surface area contributed by atoms with Gasteiger partial charge >= 0.3 is 0 Å². The summed E-state index contributed by atoms with van der Waals surface area (Å²) in [6.07, 6.45) is 6.86. The van der Waals surface area contributed by atoms with Crippen molar-refractivity contribution in [2.75, 3.05) is 5.73 Å². The maximum Gasteiger partial charge on any atom is 0.177 e. The Labute approximate surface area is 97.6 Å². The molecule has 3 N–H and O–H groups in total. The van der Waals surface area contributed by atoms with Crippen LogP contribution in [-0.4, -0.2) is 4.98 Å². The predicted molar refractivity (Wildman–Crippen MR) is 62.4 cm³/mol. The van der Waals surface area contributed by atoms with E-state index in [-0.39, 0.29) is 0 Å². The Morgan fingerprint density at radius 1 is 1.47 bits per heavy atom. The van der Waals surface area contributed by atoms with E-state index in [9.17, 15) is 0 Å². The van der Waals surface area contributed by atoms with Crippen molar-refractivity contribution in [1.82, 2.24) is 10.3 Å². The van der Waals surface area contributed by atoms with Crippen molar-refractivity contribution in [3.8, 4) is 0 Å². The van der Waals surface area contributed by atoms with Gasteiger partial charge in [0, 0.05) is 6.20 Å². The maximum atomic E-state index is 6.33. The van der Waals surface area contributed by atoms with Gasteiger partial charge in [-0.1, -0.05) is 29.3 Å². The zero-order chi connectivity index (χ0) is 10.9. The van der Waals surface area contributed by atoms with Gasteiger partial charge in [0.1, 0.15) is 10.9 Å². The molecule has 1 unspecified atom stereocenters. The number of anilines is 1. The zero-order valence-electron chi connectivity index (χ0n) is 7.74. The van der Waals surface area contributed by atoms with E-state index >= 15 is 0 Å². The Bertz CT molecular complexity index is 442. The van der Waals surface area contributed by atoms with Crippen LogP contribution in [0.15, 0.2) is 41.7 Å². The molecule has 0 aliphatic carbocycles. The van der Waals surface area contributed by atoms with E-state index in [0.717, 1.165) is 0 Å². The summed E-state index contributed by atoms with van der Waals surface area (Å²) in [6, 6.07) is 3.50. The first-order chi connectivity index (χ1) is 7.12. The number of pyridine rings is 1. The Morgan fingerprint density at radius 2 is 2.27 bits per heavy atom. The molecular weight excluding hydrogens is 233 g/mol. The molecule has 2 rings (SSSR count). The molecule has 1 aliphatic heterocycles. The zero-order valence-corrected chi connectivity index (χ0v) is 9.26. The quantitative estimate of drug-likeness (QED) is 0.586. The second kappa shape index (κ2) is 3.76. The molecule has 3 nitrogen and oxygen atoms in total. The molecule has 1 aromatic heterocycles. The van der Waals surface area contributed by atoms with E-state index in [0.29, 0.717) is 16.5 Å². The number of allylic oxidation sites excluding steroid dienone is 2. The molecule has 0 bridgehead atoms. The third kappa shape index (κ3) is 1.94. The standard InChI is InChI=1S/C10H9Cl2N3/c11-8-4-1-5-10(12,15-8)9-7(13)3-2-6-14-9/h1-6,15H,13H2. The number of nitrogen functional groups attached to an aromatic ring is 1. The van der Waals surface area contributed by atoms with Gasteiger partial charge in [-0.25, -0.2) is 0 Å². The molecule has 1 aromatic rings. The molecule has 1 aliphatic rings. The van der Waals surface area contributed by atoms with Crippen LogP contribution in [0.2, 0.25) is 0 Å². The minimum Gasteiger partial charge on any atom is -0.397 e. The van der Waals surface area contributed by atoms with E-state index in [4.69, 9.17) is 28.9 Å². The number of nitrogens with two attached hydrogens (primary N) is 1. The van der Waals surface area contributed by atoms with Crippen molar-refractivity contribution >= 4 is 28.9 Å². The highest BCUT2D eigenvalue weighted by Gasteiger charge is 2.31. The SMILES string of the molecule is Nc1cccnc1C1(Cl)C=CC=C(Cl)N1. The van der Waals surface area contributed by atoms with Crippen LogP contribution < -0.4 is 11.1 Å². The van der Waals surface area contributed by atoms with E-state index in [2.05, 4.69) is 10.3 Å². The minimum absolute atomic E-state index is 0.456. The molecule has 0 saturated heterocycles. The van der Waals surface area contributed by atoms with E-state index < -0.39 is 5.00 Å². The van der Waals surface area contributed by atoms with Gasteiger partial charge < -0.3 is 11.1 Å². The van der Waals surface area contributed by atoms with Crippen molar-refractivity contribution in [2.24, 2.45) is 0 Å². The van der Waals surface area contributed by atoms with Crippen LogP contribution in [0.5, 0.6) is 0 Å². The van der Waals surface area contributed by atoms with Gasteiger partial charge in [0.2, 0.25) is 0 Å². The van der Waals surface area contributed by atoms with Crippen LogP contribution in [-0.2, 0) is 5.00 Å². The third-order valence-electron chi connectivity index (χ3n) is 2.05. The molecule has 2 heterocycles. The molecule has 0 amide bonds. The normalized spacial score (nSPS) is 24.5. The van der Waals surface area contributed by atoms with Crippen LogP contribution in [0.4, 0.5) is 5.69 Å². The monoisotopic (exact) mass is 241 g/mol. The molecule has 1 atom stereocenters. The first-order valence-electron chi connectivity index (χ1n) is 4.35. The van der Waals surface area contributed by atoms with Crippen LogP contribution in [0.3, 0.4) is 0 Å². The maximum absolute atomic E-state index is 6.33. The summed E-state index contributed by atoms with van der Waals surface area (Å²) in [4.78, 5) is 3.19. The lowest BCUT2D eigenvalue weighted by atomic mass is 10.1.